The first-order valence-electron chi connectivity index (χ1n) is 8.40. The van der Waals surface area contributed by atoms with Gasteiger partial charge >= 0.3 is 0 Å². The molecule has 0 unspecified atom stereocenters. The molecule has 4 aromatic rings. The second-order valence-corrected chi connectivity index (χ2v) is 7.13. The van der Waals surface area contributed by atoms with Gasteiger partial charge in [-0.2, -0.15) is 0 Å². The van der Waals surface area contributed by atoms with Gasteiger partial charge in [-0.3, -0.25) is 4.79 Å². The number of furan rings is 1. The topological polar surface area (TPSA) is 47.2 Å². The number of aromatic nitrogens is 1. The fourth-order valence-electron chi connectivity index (χ4n) is 3.07. The monoisotopic (exact) mass is 398 g/mol. The minimum atomic E-state index is -0.279. The van der Waals surface area contributed by atoms with Crippen molar-refractivity contribution in [1.82, 2.24) is 4.57 Å². The Labute approximate surface area is 166 Å². The number of carbonyl (C=O) groups is 1. The van der Waals surface area contributed by atoms with Crippen molar-refractivity contribution in [3.8, 4) is 0 Å². The normalized spacial score (nSPS) is 11.1. The summed E-state index contributed by atoms with van der Waals surface area (Å²) in [5.41, 5.74) is 4.77. The molecule has 4 rings (SSSR count). The number of benzene rings is 2. The summed E-state index contributed by atoms with van der Waals surface area (Å²) < 4.78 is 7.44. The van der Waals surface area contributed by atoms with E-state index >= 15 is 0 Å². The number of nitrogens with zero attached hydrogens (tertiary/aromatic N) is 1. The maximum Gasteiger partial charge on any atom is 0.272 e. The Morgan fingerprint density at radius 2 is 1.93 bits per heavy atom. The van der Waals surface area contributed by atoms with Crippen molar-refractivity contribution in [2.45, 2.75) is 13.5 Å². The van der Waals surface area contributed by atoms with Crippen LogP contribution in [0, 0.1) is 6.92 Å². The summed E-state index contributed by atoms with van der Waals surface area (Å²) in [5.74, 6) is -0.279. The highest BCUT2D eigenvalue weighted by Crippen LogP contribution is 2.28. The lowest BCUT2D eigenvalue weighted by Gasteiger charge is -2.13. The number of anilines is 1. The van der Waals surface area contributed by atoms with Crippen LogP contribution in [0.5, 0.6) is 0 Å². The Kier molecular flexibility index (Phi) is 4.68. The molecule has 2 aromatic carbocycles. The molecule has 0 spiro atoms. The number of amides is 1. The first-order chi connectivity index (χ1) is 13.0. The van der Waals surface area contributed by atoms with Crippen molar-refractivity contribution >= 4 is 45.9 Å². The van der Waals surface area contributed by atoms with Crippen LogP contribution in [0.1, 0.15) is 21.6 Å². The molecular weight excluding hydrogens is 383 g/mol. The quantitative estimate of drug-likeness (QED) is 0.447. The van der Waals surface area contributed by atoms with Crippen LogP contribution in [0.4, 0.5) is 5.69 Å². The SMILES string of the molecule is Cc1ccccc1Cn1c(C(=O)Nc2cc(Cl)ccc2Cl)cc2occc21. The van der Waals surface area contributed by atoms with Crippen molar-refractivity contribution in [3.63, 3.8) is 0 Å². The van der Waals surface area contributed by atoms with Gasteiger partial charge in [0.05, 0.1) is 22.5 Å². The summed E-state index contributed by atoms with van der Waals surface area (Å²) in [6.07, 6.45) is 1.62. The zero-order valence-corrected chi connectivity index (χ0v) is 16.0. The predicted octanol–water partition coefficient (Wildman–Crippen LogP) is 6.15. The van der Waals surface area contributed by atoms with E-state index in [1.165, 1.54) is 0 Å². The average Bonchev–Trinajstić information content (AvgIpc) is 3.22. The van der Waals surface area contributed by atoms with Crippen LogP contribution in [-0.2, 0) is 6.54 Å². The molecule has 0 bridgehead atoms. The minimum Gasteiger partial charge on any atom is -0.463 e. The summed E-state index contributed by atoms with van der Waals surface area (Å²) in [7, 11) is 0. The molecule has 0 atom stereocenters. The number of carbonyl (C=O) groups excluding carboxylic acids is 1. The lowest BCUT2D eigenvalue weighted by atomic mass is 10.1. The number of hydrogen-bond donors (Lipinski definition) is 1. The molecule has 136 valence electrons. The average molecular weight is 399 g/mol. The van der Waals surface area contributed by atoms with Gasteiger partial charge in [0.1, 0.15) is 5.69 Å². The van der Waals surface area contributed by atoms with Crippen LogP contribution < -0.4 is 5.32 Å². The molecule has 0 fully saturated rings. The smallest absolute Gasteiger partial charge is 0.272 e. The molecule has 1 N–H and O–H groups in total. The molecule has 0 radical (unpaired) electrons. The third kappa shape index (κ3) is 3.46. The summed E-state index contributed by atoms with van der Waals surface area (Å²) in [6.45, 7) is 2.61. The minimum absolute atomic E-state index is 0.279. The lowest BCUT2D eigenvalue weighted by molar-refractivity contribution is 0.101. The molecule has 0 saturated heterocycles. The third-order valence-electron chi connectivity index (χ3n) is 4.52. The summed E-state index contributed by atoms with van der Waals surface area (Å²) in [4.78, 5) is 13.0. The molecule has 0 saturated carbocycles. The highest BCUT2D eigenvalue weighted by atomic mass is 35.5. The van der Waals surface area contributed by atoms with E-state index in [0.29, 0.717) is 33.6 Å². The van der Waals surface area contributed by atoms with Gasteiger partial charge in [-0.05, 0) is 36.2 Å². The molecule has 6 heteroatoms. The maximum absolute atomic E-state index is 13.0. The van der Waals surface area contributed by atoms with E-state index in [0.717, 1.165) is 16.6 Å². The van der Waals surface area contributed by atoms with Gasteiger partial charge in [-0.25, -0.2) is 0 Å². The van der Waals surface area contributed by atoms with E-state index in [-0.39, 0.29) is 5.91 Å². The molecule has 2 heterocycles. The summed E-state index contributed by atoms with van der Waals surface area (Å²) in [6, 6.07) is 16.6. The number of nitrogens with one attached hydrogen (secondary N) is 1. The van der Waals surface area contributed by atoms with Gasteiger partial charge in [-0.15, -0.1) is 0 Å². The number of aryl methyl sites for hydroxylation is 1. The predicted molar refractivity (Wildman–Crippen MR) is 109 cm³/mol. The molecule has 27 heavy (non-hydrogen) atoms. The summed E-state index contributed by atoms with van der Waals surface area (Å²) in [5, 5.41) is 3.76. The fourth-order valence-corrected chi connectivity index (χ4v) is 3.41. The molecule has 2 aromatic heterocycles. The Morgan fingerprint density at radius 1 is 1.11 bits per heavy atom. The van der Waals surface area contributed by atoms with Crippen LogP contribution in [0.2, 0.25) is 10.0 Å². The molecule has 0 aliphatic carbocycles. The van der Waals surface area contributed by atoms with Crippen molar-refractivity contribution in [2.24, 2.45) is 0 Å². The fraction of sp³-hybridized carbons (Fsp3) is 0.0952. The van der Waals surface area contributed by atoms with Crippen LogP contribution in [-0.4, -0.2) is 10.5 Å². The van der Waals surface area contributed by atoms with Crippen molar-refractivity contribution in [2.75, 3.05) is 5.32 Å². The van der Waals surface area contributed by atoms with E-state index in [1.807, 2.05) is 22.8 Å². The molecule has 4 nitrogen and oxygen atoms in total. The Hall–Kier alpha value is -2.69. The van der Waals surface area contributed by atoms with E-state index in [1.54, 1.807) is 30.5 Å². The molecular formula is C21H16Cl2N2O2. The number of fused-ring (bicyclic) bond motifs is 1. The third-order valence-corrected chi connectivity index (χ3v) is 5.09. The molecule has 0 aliphatic rings. The van der Waals surface area contributed by atoms with Crippen LogP contribution >= 0.6 is 23.2 Å². The van der Waals surface area contributed by atoms with Crippen LogP contribution in [0.3, 0.4) is 0 Å². The first-order valence-corrected chi connectivity index (χ1v) is 9.16. The maximum atomic E-state index is 13.0. The highest BCUT2D eigenvalue weighted by molar-refractivity contribution is 6.35. The van der Waals surface area contributed by atoms with Crippen molar-refractivity contribution in [1.29, 1.82) is 0 Å². The van der Waals surface area contributed by atoms with Gasteiger partial charge in [0.25, 0.3) is 5.91 Å². The van der Waals surface area contributed by atoms with Gasteiger partial charge in [0, 0.05) is 23.7 Å². The number of hydrogen-bond acceptors (Lipinski definition) is 2. The van der Waals surface area contributed by atoms with E-state index < -0.39 is 0 Å². The van der Waals surface area contributed by atoms with E-state index in [9.17, 15) is 4.79 Å². The van der Waals surface area contributed by atoms with Gasteiger partial charge < -0.3 is 14.3 Å². The largest absolute Gasteiger partial charge is 0.463 e. The van der Waals surface area contributed by atoms with E-state index in [4.69, 9.17) is 27.6 Å². The first kappa shape index (κ1) is 17.7. The Balaban J connectivity index is 1.73. The van der Waals surface area contributed by atoms with Crippen molar-refractivity contribution in [3.05, 3.63) is 87.7 Å². The number of halogens is 2. The second-order valence-electron chi connectivity index (χ2n) is 6.29. The Morgan fingerprint density at radius 3 is 2.74 bits per heavy atom. The van der Waals surface area contributed by atoms with E-state index in [2.05, 4.69) is 24.4 Å². The van der Waals surface area contributed by atoms with Crippen molar-refractivity contribution < 1.29 is 9.21 Å². The van der Waals surface area contributed by atoms with Crippen LogP contribution in [0.25, 0.3) is 11.1 Å². The number of rotatable bonds is 4. The zero-order chi connectivity index (χ0) is 19.0. The van der Waals surface area contributed by atoms with Gasteiger partial charge in [0.2, 0.25) is 0 Å². The van der Waals surface area contributed by atoms with Crippen LogP contribution in [0.15, 0.2) is 65.3 Å². The zero-order valence-electron chi connectivity index (χ0n) is 14.5. The second kappa shape index (κ2) is 7.14. The molecule has 0 aliphatic heterocycles. The van der Waals surface area contributed by atoms with Gasteiger partial charge in [0.15, 0.2) is 5.58 Å². The Bertz CT molecular complexity index is 1140. The molecule has 1 amide bonds. The standard InChI is InChI=1S/C21H16Cl2N2O2/c1-13-4-2-3-5-14(13)12-25-18-8-9-27-20(18)11-19(25)21(26)24-17-10-15(22)6-7-16(17)23/h2-11H,12H2,1H3,(H,24,26). The van der Waals surface area contributed by atoms with Gasteiger partial charge in [-0.1, -0.05) is 47.5 Å². The lowest BCUT2D eigenvalue weighted by Crippen LogP contribution is -2.18. The summed E-state index contributed by atoms with van der Waals surface area (Å²) >= 11 is 12.2. The highest BCUT2D eigenvalue weighted by Gasteiger charge is 2.19.